The van der Waals surface area contributed by atoms with Crippen molar-refractivity contribution in [2.24, 2.45) is 0 Å². The Morgan fingerprint density at radius 1 is 0.875 bits per heavy atom. The summed E-state index contributed by atoms with van der Waals surface area (Å²) in [4.78, 5) is 11.5. The summed E-state index contributed by atoms with van der Waals surface area (Å²) in [6.07, 6.45) is 3.38. The molecule has 2 N–H and O–H groups in total. The molecule has 0 unspecified atom stereocenters. The third-order valence-corrected chi connectivity index (χ3v) is 2.37. The summed E-state index contributed by atoms with van der Waals surface area (Å²) >= 11 is 0. The van der Waals surface area contributed by atoms with Gasteiger partial charge >= 0.3 is 0 Å². The van der Waals surface area contributed by atoms with E-state index >= 15 is 0 Å². The highest BCUT2D eigenvalue weighted by Crippen LogP contribution is 1.98. The third kappa shape index (κ3) is 11.7. The van der Waals surface area contributed by atoms with Gasteiger partial charge in [0.1, 0.15) is 5.78 Å². The van der Waals surface area contributed by atoms with Crippen LogP contribution >= 0.6 is 0 Å². The van der Waals surface area contributed by atoms with Crippen molar-refractivity contribution in [1.29, 1.82) is 0 Å². The van der Waals surface area contributed by atoms with Crippen molar-refractivity contribution in [3.05, 3.63) is 0 Å². The molecule has 0 amide bonds. The van der Waals surface area contributed by atoms with Gasteiger partial charge in [-0.25, -0.2) is 0 Å². The molecule has 96 valence electrons. The lowest BCUT2D eigenvalue weighted by atomic mass is 10.1. The number of nitrogens with one attached hydrogen (secondary N) is 2. The second-order valence-electron chi connectivity index (χ2n) is 4.96. The summed E-state index contributed by atoms with van der Waals surface area (Å²) in [7, 11) is 0. The van der Waals surface area contributed by atoms with E-state index in [1.807, 2.05) is 0 Å². The minimum atomic E-state index is 0.399. The van der Waals surface area contributed by atoms with E-state index in [9.17, 15) is 4.79 Å². The maximum atomic E-state index is 11.5. The van der Waals surface area contributed by atoms with E-state index in [0.29, 0.717) is 17.9 Å². The molecule has 0 aromatic carbocycles. The number of Topliss-reactive ketones (excluding diaryl/α,β-unsaturated/α-hetero) is 1. The zero-order chi connectivity index (χ0) is 12.4. The first-order valence-corrected chi connectivity index (χ1v) is 6.51. The highest BCUT2D eigenvalue weighted by molar-refractivity contribution is 5.78. The Hall–Kier alpha value is -0.410. The average molecular weight is 228 g/mol. The fraction of sp³-hybridized carbons (Fsp3) is 0.923. The number of carbonyl (C=O) groups is 1. The van der Waals surface area contributed by atoms with Gasteiger partial charge in [-0.15, -0.1) is 0 Å². The van der Waals surface area contributed by atoms with Crippen LogP contribution in [0.3, 0.4) is 0 Å². The molecule has 0 aromatic heterocycles. The molecule has 0 radical (unpaired) electrons. The fourth-order valence-electron chi connectivity index (χ4n) is 1.48. The van der Waals surface area contributed by atoms with Gasteiger partial charge in [-0.3, -0.25) is 4.79 Å². The lowest BCUT2D eigenvalue weighted by Crippen LogP contribution is -2.25. The molecular weight excluding hydrogens is 200 g/mol. The van der Waals surface area contributed by atoms with Gasteiger partial charge < -0.3 is 10.6 Å². The summed E-state index contributed by atoms with van der Waals surface area (Å²) in [5.74, 6) is 0.399. The lowest BCUT2D eigenvalue weighted by molar-refractivity contribution is -0.119. The van der Waals surface area contributed by atoms with Crippen LogP contribution in [0.2, 0.25) is 0 Å². The normalized spacial score (nSPS) is 11.4. The first kappa shape index (κ1) is 15.6. The molecule has 3 nitrogen and oxygen atoms in total. The molecule has 0 atom stereocenters. The summed E-state index contributed by atoms with van der Waals surface area (Å²) < 4.78 is 0. The second kappa shape index (κ2) is 9.79. The molecule has 0 heterocycles. The van der Waals surface area contributed by atoms with Crippen molar-refractivity contribution < 1.29 is 4.79 Å². The Balaban J connectivity index is 3.25. The summed E-state index contributed by atoms with van der Waals surface area (Å²) in [5, 5.41) is 6.64. The SMILES string of the molecule is CC(C)NCCCC(=O)CCCNC(C)C. The number of hydrogen-bond acceptors (Lipinski definition) is 3. The highest BCUT2D eigenvalue weighted by atomic mass is 16.1. The molecule has 0 aromatic rings. The van der Waals surface area contributed by atoms with Crippen molar-refractivity contribution in [3.63, 3.8) is 0 Å². The highest BCUT2D eigenvalue weighted by Gasteiger charge is 2.02. The maximum absolute atomic E-state index is 11.5. The molecular formula is C13H28N2O. The quantitative estimate of drug-likeness (QED) is 0.563. The van der Waals surface area contributed by atoms with Crippen molar-refractivity contribution in [3.8, 4) is 0 Å². The Morgan fingerprint density at radius 2 is 1.25 bits per heavy atom. The summed E-state index contributed by atoms with van der Waals surface area (Å²) in [6.45, 7) is 10.4. The molecule has 16 heavy (non-hydrogen) atoms. The van der Waals surface area contributed by atoms with Crippen molar-refractivity contribution in [2.75, 3.05) is 13.1 Å². The number of hydrogen-bond donors (Lipinski definition) is 2. The molecule has 0 rings (SSSR count). The smallest absolute Gasteiger partial charge is 0.133 e. The molecule has 0 saturated carbocycles. The van der Waals surface area contributed by atoms with E-state index in [1.165, 1.54) is 0 Å². The zero-order valence-corrected chi connectivity index (χ0v) is 11.3. The van der Waals surface area contributed by atoms with Crippen LogP contribution in [0.15, 0.2) is 0 Å². The second-order valence-corrected chi connectivity index (χ2v) is 4.96. The summed E-state index contributed by atoms with van der Waals surface area (Å²) in [6, 6.07) is 1.04. The Bertz CT molecular complexity index is 161. The van der Waals surface area contributed by atoms with Gasteiger partial charge in [0.25, 0.3) is 0 Å². The van der Waals surface area contributed by atoms with Crippen molar-refractivity contribution in [1.82, 2.24) is 10.6 Å². The predicted molar refractivity (Wildman–Crippen MR) is 69.8 cm³/mol. The first-order chi connectivity index (χ1) is 7.52. The standard InChI is InChI=1S/C13H28N2O/c1-11(2)14-9-5-7-13(16)8-6-10-15-12(3)4/h11-12,14-15H,5-10H2,1-4H3. The number of rotatable bonds is 10. The molecule has 0 saturated heterocycles. The molecule has 3 heteroatoms. The first-order valence-electron chi connectivity index (χ1n) is 6.51. The zero-order valence-electron chi connectivity index (χ0n) is 11.3. The monoisotopic (exact) mass is 228 g/mol. The number of ketones is 1. The molecule has 0 aliphatic rings. The van der Waals surface area contributed by atoms with Crippen LogP contribution in [-0.2, 0) is 4.79 Å². The van der Waals surface area contributed by atoms with Gasteiger partial charge in [0.15, 0.2) is 0 Å². The van der Waals surface area contributed by atoms with Crippen LogP contribution < -0.4 is 10.6 Å². The van der Waals surface area contributed by atoms with Gasteiger partial charge in [-0.1, -0.05) is 27.7 Å². The van der Waals surface area contributed by atoms with E-state index < -0.39 is 0 Å². The van der Waals surface area contributed by atoms with Gasteiger partial charge in [0.05, 0.1) is 0 Å². The number of carbonyl (C=O) groups excluding carboxylic acids is 1. The minimum Gasteiger partial charge on any atom is -0.315 e. The van der Waals surface area contributed by atoms with Crippen LogP contribution in [-0.4, -0.2) is 31.0 Å². The van der Waals surface area contributed by atoms with Gasteiger partial charge in [0, 0.05) is 24.9 Å². The van der Waals surface area contributed by atoms with Crippen LogP contribution in [0.5, 0.6) is 0 Å². The summed E-state index contributed by atoms with van der Waals surface area (Å²) in [5.41, 5.74) is 0. The van der Waals surface area contributed by atoms with E-state index in [-0.39, 0.29) is 0 Å². The molecule has 0 aliphatic heterocycles. The van der Waals surface area contributed by atoms with E-state index in [1.54, 1.807) is 0 Å². The van der Waals surface area contributed by atoms with Crippen molar-refractivity contribution in [2.45, 2.75) is 65.5 Å². The van der Waals surface area contributed by atoms with E-state index in [0.717, 1.165) is 38.8 Å². The van der Waals surface area contributed by atoms with Gasteiger partial charge in [-0.2, -0.15) is 0 Å². The topological polar surface area (TPSA) is 41.1 Å². The molecule has 0 bridgehead atoms. The largest absolute Gasteiger partial charge is 0.315 e. The third-order valence-electron chi connectivity index (χ3n) is 2.37. The van der Waals surface area contributed by atoms with E-state index in [2.05, 4.69) is 38.3 Å². The Morgan fingerprint density at radius 3 is 1.56 bits per heavy atom. The fourth-order valence-corrected chi connectivity index (χ4v) is 1.48. The molecule has 0 aliphatic carbocycles. The Kier molecular flexibility index (Phi) is 9.54. The van der Waals surface area contributed by atoms with E-state index in [4.69, 9.17) is 0 Å². The average Bonchev–Trinajstić information content (AvgIpc) is 2.19. The van der Waals surface area contributed by atoms with Crippen LogP contribution in [0.25, 0.3) is 0 Å². The molecule has 0 fully saturated rings. The predicted octanol–water partition coefficient (Wildman–Crippen LogP) is 2.11. The van der Waals surface area contributed by atoms with Gasteiger partial charge in [0.2, 0.25) is 0 Å². The van der Waals surface area contributed by atoms with Crippen LogP contribution in [0.1, 0.15) is 53.4 Å². The lowest BCUT2D eigenvalue weighted by Gasteiger charge is -2.08. The maximum Gasteiger partial charge on any atom is 0.133 e. The molecule has 0 spiro atoms. The Labute approximate surface area is 100 Å². The van der Waals surface area contributed by atoms with Crippen LogP contribution in [0, 0.1) is 0 Å². The van der Waals surface area contributed by atoms with Crippen molar-refractivity contribution >= 4 is 5.78 Å². The van der Waals surface area contributed by atoms with Gasteiger partial charge in [-0.05, 0) is 25.9 Å². The van der Waals surface area contributed by atoms with Crippen LogP contribution in [0.4, 0.5) is 0 Å². The minimum absolute atomic E-state index is 0.399.